The molecule has 1 atom stereocenters. The number of nitrogens with zero attached hydrogens (tertiary/aromatic N) is 1. The SMILES string of the molecule is O=C(CC1CCCO1)Nc1cccc(F)n1. The van der Waals surface area contributed by atoms with Crippen molar-refractivity contribution < 1.29 is 13.9 Å². The van der Waals surface area contributed by atoms with Crippen LogP contribution in [0.5, 0.6) is 0 Å². The number of hydrogen-bond donors (Lipinski definition) is 1. The molecule has 2 heterocycles. The lowest BCUT2D eigenvalue weighted by Crippen LogP contribution is -2.19. The fourth-order valence-corrected chi connectivity index (χ4v) is 1.68. The van der Waals surface area contributed by atoms with Gasteiger partial charge >= 0.3 is 0 Å². The van der Waals surface area contributed by atoms with Gasteiger partial charge in [-0.05, 0) is 25.0 Å². The Hall–Kier alpha value is -1.49. The van der Waals surface area contributed by atoms with Crippen molar-refractivity contribution in [1.29, 1.82) is 0 Å². The van der Waals surface area contributed by atoms with Gasteiger partial charge in [-0.2, -0.15) is 4.39 Å². The van der Waals surface area contributed by atoms with Crippen LogP contribution in [0.2, 0.25) is 0 Å². The Balaban J connectivity index is 1.86. The van der Waals surface area contributed by atoms with E-state index in [0.717, 1.165) is 19.4 Å². The van der Waals surface area contributed by atoms with Gasteiger partial charge in [-0.15, -0.1) is 0 Å². The number of carbonyl (C=O) groups is 1. The van der Waals surface area contributed by atoms with E-state index in [4.69, 9.17) is 4.74 Å². The molecule has 0 saturated carbocycles. The van der Waals surface area contributed by atoms with Crippen LogP contribution in [0.25, 0.3) is 0 Å². The number of nitrogens with one attached hydrogen (secondary N) is 1. The first-order valence-corrected chi connectivity index (χ1v) is 5.28. The van der Waals surface area contributed by atoms with Crippen LogP contribution in [-0.4, -0.2) is 23.6 Å². The quantitative estimate of drug-likeness (QED) is 0.795. The fraction of sp³-hybridized carbons (Fsp3) is 0.455. The zero-order chi connectivity index (χ0) is 11.4. The molecule has 1 N–H and O–H groups in total. The summed E-state index contributed by atoms with van der Waals surface area (Å²) in [6.07, 6.45) is 2.20. The molecule has 2 rings (SSSR count). The zero-order valence-corrected chi connectivity index (χ0v) is 8.78. The second kappa shape index (κ2) is 5.03. The van der Waals surface area contributed by atoms with Crippen LogP contribution in [0.15, 0.2) is 18.2 Å². The minimum atomic E-state index is -0.602. The second-order valence-corrected chi connectivity index (χ2v) is 3.73. The van der Waals surface area contributed by atoms with Gasteiger partial charge in [0.25, 0.3) is 0 Å². The molecule has 4 nitrogen and oxygen atoms in total. The van der Waals surface area contributed by atoms with E-state index in [1.165, 1.54) is 12.1 Å². The summed E-state index contributed by atoms with van der Waals surface area (Å²) < 4.78 is 18.1. The number of anilines is 1. The Morgan fingerprint density at radius 3 is 3.19 bits per heavy atom. The predicted octanol–water partition coefficient (Wildman–Crippen LogP) is 1.73. The summed E-state index contributed by atoms with van der Waals surface area (Å²) in [5, 5.41) is 2.54. The van der Waals surface area contributed by atoms with E-state index in [1.807, 2.05) is 0 Å². The van der Waals surface area contributed by atoms with Crippen molar-refractivity contribution in [2.75, 3.05) is 11.9 Å². The first kappa shape index (κ1) is 11.0. The average molecular weight is 224 g/mol. The third-order valence-corrected chi connectivity index (χ3v) is 2.42. The van der Waals surface area contributed by atoms with Gasteiger partial charge < -0.3 is 10.1 Å². The standard InChI is InChI=1S/C11H13FN2O2/c12-9-4-1-5-10(13-9)14-11(15)7-8-3-2-6-16-8/h1,4-5,8H,2-3,6-7H2,(H,13,14,15). The Morgan fingerprint density at radius 1 is 1.62 bits per heavy atom. The van der Waals surface area contributed by atoms with E-state index in [2.05, 4.69) is 10.3 Å². The van der Waals surface area contributed by atoms with Gasteiger partial charge in [-0.25, -0.2) is 4.98 Å². The van der Waals surface area contributed by atoms with E-state index in [-0.39, 0.29) is 17.8 Å². The summed E-state index contributed by atoms with van der Waals surface area (Å²) in [5.41, 5.74) is 0. The second-order valence-electron chi connectivity index (χ2n) is 3.73. The Morgan fingerprint density at radius 2 is 2.50 bits per heavy atom. The van der Waals surface area contributed by atoms with Crippen molar-refractivity contribution >= 4 is 11.7 Å². The van der Waals surface area contributed by atoms with Crippen molar-refractivity contribution in [1.82, 2.24) is 4.98 Å². The number of ether oxygens (including phenoxy) is 1. The number of hydrogen-bond acceptors (Lipinski definition) is 3. The average Bonchev–Trinajstić information content (AvgIpc) is 2.70. The van der Waals surface area contributed by atoms with Crippen LogP contribution in [0, 0.1) is 5.95 Å². The first-order valence-electron chi connectivity index (χ1n) is 5.28. The highest BCUT2D eigenvalue weighted by atomic mass is 19.1. The van der Waals surface area contributed by atoms with Crippen LogP contribution in [0.3, 0.4) is 0 Å². The Kier molecular flexibility index (Phi) is 3.46. The molecule has 0 aliphatic carbocycles. The summed E-state index contributed by atoms with van der Waals surface area (Å²) in [5.74, 6) is -0.553. The molecule has 1 unspecified atom stereocenters. The van der Waals surface area contributed by atoms with Crippen LogP contribution in [0.1, 0.15) is 19.3 Å². The number of carbonyl (C=O) groups excluding carboxylic acids is 1. The van der Waals surface area contributed by atoms with Gasteiger partial charge in [0.05, 0.1) is 12.5 Å². The molecule has 1 amide bonds. The molecular weight excluding hydrogens is 211 g/mol. The lowest BCUT2D eigenvalue weighted by molar-refractivity contribution is -0.118. The minimum Gasteiger partial charge on any atom is -0.378 e. The van der Waals surface area contributed by atoms with E-state index in [0.29, 0.717) is 6.42 Å². The van der Waals surface area contributed by atoms with E-state index in [1.54, 1.807) is 6.07 Å². The lowest BCUT2D eigenvalue weighted by Gasteiger charge is -2.09. The minimum absolute atomic E-state index is 0.00596. The van der Waals surface area contributed by atoms with Crippen molar-refractivity contribution in [3.05, 3.63) is 24.1 Å². The molecule has 0 aromatic carbocycles. The van der Waals surface area contributed by atoms with Crippen LogP contribution < -0.4 is 5.32 Å². The zero-order valence-electron chi connectivity index (χ0n) is 8.78. The maximum absolute atomic E-state index is 12.7. The highest BCUT2D eigenvalue weighted by Crippen LogP contribution is 2.16. The van der Waals surface area contributed by atoms with Crippen molar-refractivity contribution in [2.45, 2.75) is 25.4 Å². The van der Waals surface area contributed by atoms with Gasteiger partial charge in [0, 0.05) is 6.61 Å². The molecule has 1 aromatic heterocycles. The number of pyridine rings is 1. The largest absolute Gasteiger partial charge is 0.378 e. The van der Waals surface area contributed by atoms with E-state index < -0.39 is 5.95 Å². The smallest absolute Gasteiger partial charge is 0.228 e. The van der Waals surface area contributed by atoms with Gasteiger partial charge in [0.1, 0.15) is 5.82 Å². The number of rotatable bonds is 3. The molecule has 0 radical (unpaired) electrons. The normalized spacial score (nSPS) is 19.7. The molecular formula is C11H13FN2O2. The first-order chi connectivity index (χ1) is 7.74. The third-order valence-electron chi connectivity index (χ3n) is 2.42. The Bertz CT molecular complexity index is 378. The summed E-state index contributed by atoms with van der Waals surface area (Å²) in [6, 6.07) is 4.29. The molecule has 1 saturated heterocycles. The number of amides is 1. The summed E-state index contributed by atoms with van der Waals surface area (Å²) in [6.45, 7) is 0.718. The van der Waals surface area contributed by atoms with Gasteiger partial charge in [0.15, 0.2) is 0 Å². The maximum atomic E-state index is 12.7. The highest BCUT2D eigenvalue weighted by molar-refractivity contribution is 5.90. The van der Waals surface area contributed by atoms with Gasteiger partial charge in [-0.1, -0.05) is 6.07 Å². The maximum Gasteiger partial charge on any atom is 0.228 e. The van der Waals surface area contributed by atoms with E-state index >= 15 is 0 Å². The summed E-state index contributed by atoms with van der Waals surface area (Å²) in [7, 11) is 0. The molecule has 1 aliphatic rings. The van der Waals surface area contributed by atoms with E-state index in [9.17, 15) is 9.18 Å². The van der Waals surface area contributed by atoms with Crippen molar-refractivity contribution in [3.63, 3.8) is 0 Å². The van der Waals surface area contributed by atoms with Crippen LogP contribution in [-0.2, 0) is 9.53 Å². The molecule has 16 heavy (non-hydrogen) atoms. The van der Waals surface area contributed by atoms with Gasteiger partial charge in [0.2, 0.25) is 11.9 Å². The predicted molar refractivity (Wildman–Crippen MR) is 56.4 cm³/mol. The molecule has 1 aliphatic heterocycles. The van der Waals surface area contributed by atoms with Crippen molar-refractivity contribution in [2.24, 2.45) is 0 Å². The summed E-state index contributed by atoms with van der Waals surface area (Å²) >= 11 is 0. The van der Waals surface area contributed by atoms with Gasteiger partial charge in [-0.3, -0.25) is 4.79 Å². The Labute approximate surface area is 92.8 Å². The number of aromatic nitrogens is 1. The number of halogens is 1. The molecule has 1 aromatic rings. The molecule has 86 valence electrons. The van der Waals surface area contributed by atoms with Crippen molar-refractivity contribution in [3.8, 4) is 0 Å². The summed E-state index contributed by atoms with van der Waals surface area (Å²) in [4.78, 5) is 15.1. The monoisotopic (exact) mass is 224 g/mol. The molecule has 0 bridgehead atoms. The molecule has 0 spiro atoms. The fourth-order valence-electron chi connectivity index (χ4n) is 1.68. The third kappa shape index (κ3) is 3.00. The van der Waals surface area contributed by atoms with Crippen LogP contribution in [0.4, 0.5) is 10.2 Å². The highest BCUT2D eigenvalue weighted by Gasteiger charge is 2.19. The molecule has 5 heteroatoms. The topological polar surface area (TPSA) is 51.2 Å². The molecule has 1 fully saturated rings. The van der Waals surface area contributed by atoms with Crippen LogP contribution >= 0.6 is 0 Å². The lowest BCUT2D eigenvalue weighted by atomic mass is 10.2.